The third-order valence-corrected chi connectivity index (χ3v) is 3.19. The van der Waals surface area contributed by atoms with E-state index in [1.54, 1.807) is 18.2 Å². The van der Waals surface area contributed by atoms with E-state index in [2.05, 4.69) is 10.4 Å². The van der Waals surface area contributed by atoms with Crippen molar-refractivity contribution in [2.24, 2.45) is 5.92 Å². The van der Waals surface area contributed by atoms with Crippen LogP contribution in [0.4, 0.5) is 4.39 Å². The van der Waals surface area contributed by atoms with Gasteiger partial charge in [0.05, 0.1) is 17.9 Å². The Morgan fingerprint density at radius 1 is 1.43 bits per heavy atom. The summed E-state index contributed by atoms with van der Waals surface area (Å²) in [5.74, 6) is -0.702. The first-order chi connectivity index (χ1) is 9.99. The van der Waals surface area contributed by atoms with Gasteiger partial charge in [-0.2, -0.15) is 5.10 Å². The molecule has 6 heteroatoms. The molecule has 0 spiro atoms. The van der Waals surface area contributed by atoms with Crippen molar-refractivity contribution in [1.82, 2.24) is 15.1 Å². The van der Waals surface area contributed by atoms with E-state index in [-0.39, 0.29) is 24.1 Å². The first-order valence-electron chi connectivity index (χ1n) is 6.75. The van der Waals surface area contributed by atoms with Crippen LogP contribution in [0.5, 0.6) is 0 Å². The van der Waals surface area contributed by atoms with Gasteiger partial charge in [0.2, 0.25) is 0 Å². The molecular formula is C15H18FN3O2. The number of carbonyl (C=O) groups excluding carboxylic acids is 1. The molecule has 0 aliphatic carbocycles. The highest BCUT2D eigenvalue weighted by molar-refractivity contribution is 5.93. The molecule has 21 heavy (non-hydrogen) atoms. The van der Waals surface area contributed by atoms with Gasteiger partial charge in [0, 0.05) is 12.7 Å². The number of nitrogens with one attached hydrogen (secondary N) is 1. The molecule has 1 aromatic heterocycles. The quantitative estimate of drug-likeness (QED) is 0.882. The Hall–Kier alpha value is -2.21. The summed E-state index contributed by atoms with van der Waals surface area (Å²) in [7, 11) is 0. The van der Waals surface area contributed by atoms with E-state index in [4.69, 9.17) is 0 Å². The van der Waals surface area contributed by atoms with Crippen LogP contribution in [-0.2, 0) is 0 Å². The monoisotopic (exact) mass is 291 g/mol. The number of rotatable bonds is 5. The number of aliphatic hydroxyl groups excluding tert-OH is 1. The second kappa shape index (κ2) is 6.49. The van der Waals surface area contributed by atoms with Crippen LogP contribution in [-0.4, -0.2) is 33.4 Å². The van der Waals surface area contributed by atoms with Gasteiger partial charge in [-0.05, 0) is 18.1 Å². The highest BCUT2D eigenvalue weighted by Crippen LogP contribution is 2.12. The standard InChI is InChI=1S/C15H18FN3O2/c1-10(2)14(20)8-17-15(21)11-7-18-19(9-11)13-6-4-3-5-12(13)16/h3-7,9-10,14,20H,8H2,1-2H3,(H,17,21). The number of amides is 1. The maximum atomic E-state index is 13.6. The van der Waals surface area contributed by atoms with Gasteiger partial charge in [0.1, 0.15) is 11.5 Å². The van der Waals surface area contributed by atoms with Crippen LogP contribution in [0.2, 0.25) is 0 Å². The average molecular weight is 291 g/mol. The fourth-order valence-electron chi connectivity index (χ4n) is 1.74. The highest BCUT2D eigenvalue weighted by Gasteiger charge is 2.14. The maximum absolute atomic E-state index is 13.6. The molecule has 2 N–H and O–H groups in total. The number of carbonyl (C=O) groups is 1. The van der Waals surface area contributed by atoms with Crippen molar-refractivity contribution in [3.8, 4) is 5.69 Å². The van der Waals surface area contributed by atoms with Gasteiger partial charge in [-0.3, -0.25) is 4.79 Å². The van der Waals surface area contributed by atoms with Gasteiger partial charge in [-0.25, -0.2) is 9.07 Å². The molecule has 1 aromatic carbocycles. The molecule has 0 saturated heterocycles. The zero-order valence-electron chi connectivity index (χ0n) is 12.0. The van der Waals surface area contributed by atoms with Gasteiger partial charge in [0.25, 0.3) is 5.91 Å². The van der Waals surface area contributed by atoms with E-state index in [0.29, 0.717) is 5.56 Å². The molecule has 0 aliphatic heterocycles. The van der Waals surface area contributed by atoms with E-state index < -0.39 is 11.9 Å². The normalized spacial score (nSPS) is 12.4. The summed E-state index contributed by atoms with van der Waals surface area (Å²) in [6.07, 6.45) is 2.22. The Kier molecular flexibility index (Phi) is 4.70. The highest BCUT2D eigenvalue weighted by atomic mass is 19.1. The predicted molar refractivity (Wildman–Crippen MR) is 76.7 cm³/mol. The van der Waals surface area contributed by atoms with Crippen LogP contribution < -0.4 is 5.32 Å². The zero-order valence-corrected chi connectivity index (χ0v) is 12.0. The predicted octanol–water partition coefficient (Wildman–Crippen LogP) is 1.76. The van der Waals surface area contributed by atoms with Crippen LogP contribution in [0.25, 0.3) is 5.69 Å². The molecule has 1 amide bonds. The summed E-state index contributed by atoms with van der Waals surface area (Å²) in [6, 6.07) is 6.18. The third kappa shape index (κ3) is 3.66. The maximum Gasteiger partial charge on any atom is 0.254 e. The molecule has 2 rings (SSSR count). The van der Waals surface area contributed by atoms with Crippen LogP contribution in [0.1, 0.15) is 24.2 Å². The number of nitrogens with zero attached hydrogens (tertiary/aromatic N) is 2. The van der Waals surface area contributed by atoms with Crippen molar-refractivity contribution in [2.75, 3.05) is 6.54 Å². The van der Waals surface area contributed by atoms with Gasteiger partial charge in [-0.15, -0.1) is 0 Å². The number of hydrogen-bond acceptors (Lipinski definition) is 3. The van der Waals surface area contributed by atoms with Gasteiger partial charge in [0.15, 0.2) is 0 Å². The first-order valence-corrected chi connectivity index (χ1v) is 6.75. The van der Waals surface area contributed by atoms with E-state index in [1.807, 2.05) is 13.8 Å². The molecule has 112 valence electrons. The number of benzene rings is 1. The molecule has 2 aromatic rings. The summed E-state index contributed by atoms with van der Waals surface area (Å²) < 4.78 is 14.9. The van der Waals surface area contributed by atoms with Crippen LogP contribution in [0.3, 0.4) is 0 Å². The zero-order chi connectivity index (χ0) is 15.4. The van der Waals surface area contributed by atoms with E-state index in [1.165, 1.54) is 23.1 Å². The van der Waals surface area contributed by atoms with Gasteiger partial charge in [-0.1, -0.05) is 26.0 Å². The molecule has 1 unspecified atom stereocenters. The molecule has 0 bridgehead atoms. The van der Waals surface area contributed by atoms with Crippen LogP contribution >= 0.6 is 0 Å². The Bertz CT molecular complexity index is 625. The van der Waals surface area contributed by atoms with Gasteiger partial charge >= 0.3 is 0 Å². The van der Waals surface area contributed by atoms with Crippen molar-refractivity contribution in [3.63, 3.8) is 0 Å². The first kappa shape index (κ1) is 15.2. The summed E-state index contributed by atoms with van der Waals surface area (Å²) in [5.41, 5.74) is 0.591. The second-order valence-corrected chi connectivity index (χ2v) is 5.15. The minimum Gasteiger partial charge on any atom is -0.391 e. The van der Waals surface area contributed by atoms with Crippen molar-refractivity contribution in [3.05, 3.63) is 48.0 Å². The fourth-order valence-corrected chi connectivity index (χ4v) is 1.74. The molecule has 0 saturated carbocycles. The number of hydrogen-bond donors (Lipinski definition) is 2. The van der Waals surface area contributed by atoms with Crippen molar-refractivity contribution >= 4 is 5.91 Å². The molecule has 1 atom stereocenters. The Morgan fingerprint density at radius 2 is 2.14 bits per heavy atom. The minimum atomic E-state index is -0.601. The third-order valence-electron chi connectivity index (χ3n) is 3.19. The topological polar surface area (TPSA) is 67.2 Å². The summed E-state index contributed by atoms with van der Waals surface area (Å²) >= 11 is 0. The molecular weight excluding hydrogens is 273 g/mol. The molecule has 0 fully saturated rings. The van der Waals surface area contributed by atoms with Crippen molar-refractivity contribution < 1.29 is 14.3 Å². The summed E-state index contributed by atoms with van der Waals surface area (Å²) in [6.45, 7) is 3.90. The second-order valence-electron chi connectivity index (χ2n) is 5.15. The number of halogens is 1. The Labute approximate surface area is 122 Å². The summed E-state index contributed by atoms with van der Waals surface area (Å²) in [5, 5.41) is 16.3. The lowest BCUT2D eigenvalue weighted by atomic mass is 10.1. The molecule has 5 nitrogen and oxygen atoms in total. The lowest BCUT2D eigenvalue weighted by Crippen LogP contribution is -2.34. The molecule has 0 aliphatic rings. The molecule has 0 radical (unpaired) electrons. The van der Waals surface area contributed by atoms with Crippen LogP contribution in [0.15, 0.2) is 36.7 Å². The van der Waals surface area contributed by atoms with Crippen molar-refractivity contribution in [1.29, 1.82) is 0 Å². The minimum absolute atomic E-state index is 0.0615. The van der Waals surface area contributed by atoms with Crippen LogP contribution in [0, 0.1) is 11.7 Å². The van der Waals surface area contributed by atoms with Gasteiger partial charge < -0.3 is 10.4 Å². The SMILES string of the molecule is CC(C)C(O)CNC(=O)c1cnn(-c2ccccc2F)c1. The largest absolute Gasteiger partial charge is 0.391 e. The van der Waals surface area contributed by atoms with Crippen molar-refractivity contribution in [2.45, 2.75) is 20.0 Å². The van der Waals surface area contributed by atoms with E-state index in [0.717, 1.165) is 0 Å². The Morgan fingerprint density at radius 3 is 2.81 bits per heavy atom. The number of aromatic nitrogens is 2. The fraction of sp³-hybridized carbons (Fsp3) is 0.333. The lowest BCUT2D eigenvalue weighted by molar-refractivity contribution is 0.0871. The average Bonchev–Trinajstić information content (AvgIpc) is 2.94. The smallest absolute Gasteiger partial charge is 0.254 e. The lowest BCUT2D eigenvalue weighted by Gasteiger charge is -2.14. The number of para-hydroxylation sites is 1. The Balaban J connectivity index is 2.06. The van der Waals surface area contributed by atoms with E-state index in [9.17, 15) is 14.3 Å². The summed E-state index contributed by atoms with van der Waals surface area (Å²) in [4.78, 5) is 11.9. The van der Waals surface area contributed by atoms with E-state index >= 15 is 0 Å². The number of aliphatic hydroxyl groups is 1. The molecule has 1 heterocycles.